The summed E-state index contributed by atoms with van der Waals surface area (Å²) in [7, 11) is 0. The van der Waals surface area contributed by atoms with Gasteiger partial charge in [0.15, 0.2) is 0 Å². The van der Waals surface area contributed by atoms with Crippen molar-refractivity contribution in [3.8, 4) is 5.75 Å². The van der Waals surface area contributed by atoms with Gasteiger partial charge in [-0.1, -0.05) is 31.9 Å². The third-order valence-electron chi connectivity index (χ3n) is 6.17. The zero-order chi connectivity index (χ0) is 23.6. The summed E-state index contributed by atoms with van der Waals surface area (Å²) < 4.78 is 10.8. The number of anilines is 2. The van der Waals surface area contributed by atoms with Crippen molar-refractivity contribution in [3.63, 3.8) is 0 Å². The van der Waals surface area contributed by atoms with E-state index in [-0.39, 0.29) is 18.5 Å². The number of carbonyl (C=O) groups is 2. The number of rotatable bonds is 9. The molecule has 1 aliphatic carbocycles. The molecule has 6 nitrogen and oxygen atoms in total. The Morgan fingerprint density at radius 2 is 1.76 bits per heavy atom. The molecule has 0 amide bonds. The summed E-state index contributed by atoms with van der Waals surface area (Å²) in [5.74, 6) is 0.696. The van der Waals surface area contributed by atoms with Gasteiger partial charge in [-0.3, -0.25) is 4.79 Å². The first-order valence-electron chi connectivity index (χ1n) is 11.7. The topological polar surface area (TPSA) is 105 Å². The highest BCUT2D eigenvalue weighted by atomic mass is 16.5. The van der Waals surface area contributed by atoms with Gasteiger partial charge in [-0.2, -0.15) is 0 Å². The first-order valence-corrected chi connectivity index (χ1v) is 11.7. The summed E-state index contributed by atoms with van der Waals surface area (Å²) >= 11 is 0. The van der Waals surface area contributed by atoms with Crippen molar-refractivity contribution >= 4 is 29.4 Å². The summed E-state index contributed by atoms with van der Waals surface area (Å²) in [6.45, 7) is 2.42. The van der Waals surface area contributed by atoms with Gasteiger partial charge >= 0.3 is 11.9 Å². The van der Waals surface area contributed by atoms with Crippen LogP contribution in [0.2, 0.25) is 0 Å². The predicted octanol–water partition coefficient (Wildman–Crippen LogP) is 5.16. The van der Waals surface area contributed by atoms with E-state index in [0.29, 0.717) is 23.5 Å². The van der Waals surface area contributed by atoms with Crippen molar-refractivity contribution in [2.75, 3.05) is 18.1 Å². The van der Waals surface area contributed by atoms with Gasteiger partial charge < -0.3 is 20.9 Å². The lowest BCUT2D eigenvalue weighted by atomic mass is 9.80. The van der Waals surface area contributed by atoms with Crippen LogP contribution in [-0.4, -0.2) is 18.5 Å². The average molecular weight is 451 g/mol. The summed E-state index contributed by atoms with van der Waals surface area (Å²) in [6, 6.07) is 12.4. The van der Waals surface area contributed by atoms with E-state index in [1.807, 2.05) is 0 Å². The Hall–Kier alpha value is -3.28. The highest BCUT2D eigenvalue weighted by molar-refractivity contribution is 5.87. The molecule has 1 saturated carbocycles. The van der Waals surface area contributed by atoms with Gasteiger partial charge in [0, 0.05) is 23.9 Å². The Bertz CT molecular complexity index is 961. The Morgan fingerprint density at radius 1 is 1.03 bits per heavy atom. The first-order chi connectivity index (χ1) is 15.9. The van der Waals surface area contributed by atoms with E-state index in [0.717, 1.165) is 42.7 Å². The molecule has 2 aromatic carbocycles. The SMILES string of the molecule is CCCC1CCC(C(=O)Oc2ccc(C=CC(=O)OCCc3cc(N)ccc3N)cc2)CC1. The van der Waals surface area contributed by atoms with E-state index in [1.54, 1.807) is 48.5 Å². The molecule has 33 heavy (non-hydrogen) atoms. The van der Waals surface area contributed by atoms with Gasteiger partial charge in [-0.15, -0.1) is 0 Å². The minimum Gasteiger partial charge on any atom is -0.462 e. The zero-order valence-corrected chi connectivity index (χ0v) is 19.3. The van der Waals surface area contributed by atoms with E-state index >= 15 is 0 Å². The number of hydrogen-bond donors (Lipinski definition) is 2. The maximum atomic E-state index is 12.5. The van der Waals surface area contributed by atoms with Crippen molar-refractivity contribution in [3.05, 3.63) is 59.7 Å². The fourth-order valence-corrected chi connectivity index (χ4v) is 4.26. The molecule has 4 N–H and O–H groups in total. The van der Waals surface area contributed by atoms with Crippen LogP contribution in [0.25, 0.3) is 6.08 Å². The molecule has 176 valence electrons. The predicted molar refractivity (Wildman–Crippen MR) is 131 cm³/mol. The quantitative estimate of drug-likeness (QED) is 0.237. The van der Waals surface area contributed by atoms with Crippen LogP contribution >= 0.6 is 0 Å². The van der Waals surface area contributed by atoms with Gasteiger partial charge in [0.1, 0.15) is 5.75 Å². The Labute approximate surface area is 195 Å². The zero-order valence-electron chi connectivity index (χ0n) is 19.3. The second-order valence-electron chi connectivity index (χ2n) is 8.71. The normalized spacial score (nSPS) is 18.2. The number of carbonyl (C=O) groups excluding carboxylic acids is 2. The first kappa shape index (κ1) is 24.4. The molecule has 1 aliphatic rings. The molecule has 0 saturated heterocycles. The van der Waals surface area contributed by atoms with E-state index in [2.05, 4.69) is 6.92 Å². The molecular weight excluding hydrogens is 416 g/mol. The second-order valence-corrected chi connectivity index (χ2v) is 8.71. The fourth-order valence-electron chi connectivity index (χ4n) is 4.26. The van der Waals surface area contributed by atoms with Gasteiger partial charge in [0.05, 0.1) is 12.5 Å². The number of nitrogens with two attached hydrogens (primary N) is 2. The van der Waals surface area contributed by atoms with Crippen LogP contribution in [-0.2, 0) is 20.7 Å². The highest BCUT2D eigenvalue weighted by Gasteiger charge is 2.27. The highest BCUT2D eigenvalue weighted by Crippen LogP contribution is 2.32. The van der Waals surface area contributed by atoms with Crippen molar-refractivity contribution in [2.24, 2.45) is 11.8 Å². The molecule has 0 radical (unpaired) electrons. The smallest absolute Gasteiger partial charge is 0.330 e. The van der Waals surface area contributed by atoms with Crippen LogP contribution in [0.1, 0.15) is 56.6 Å². The van der Waals surface area contributed by atoms with Crippen molar-refractivity contribution in [1.82, 2.24) is 0 Å². The monoisotopic (exact) mass is 450 g/mol. The lowest BCUT2D eigenvalue weighted by molar-refractivity contribution is -0.140. The standard InChI is InChI=1S/C27H34N2O4/c1-2-3-19-4-9-21(10-5-19)27(31)33-24-12-6-20(7-13-24)8-15-26(30)32-17-16-22-18-23(28)11-14-25(22)29/h6-8,11-15,18-19,21H,2-5,9-10,16-17,28-29H2,1H3. The Kier molecular flexibility index (Phi) is 8.93. The number of esters is 2. The van der Waals surface area contributed by atoms with E-state index in [9.17, 15) is 9.59 Å². The molecule has 1 fully saturated rings. The molecule has 3 rings (SSSR count). The minimum atomic E-state index is -0.438. The van der Waals surface area contributed by atoms with Crippen LogP contribution in [0.3, 0.4) is 0 Å². The summed E-state index contributed by atoms with van der Waals surface area (Å²) in [6.07, 6.45) is 10.0. The largest absolute Gasteiger partial charge is 0.462 e. The van der Waals surface area contributed by atoms with Gasteiger partial charge in [0.25, 0.3) is 0 Å². The third-order valence-corrected chi connectivity index (χ3v) is 6.17. The van der Waals surface area contributed by atoms with Crippen molar-refractivity contribution < 1.29 is 19.1 Å². The third kappa shape index (κ3) is 7.67. The van der Waals surface area contributed by atoms with Gasteiger partial charge in [-0.25, -0.2) is 4.79 Å². The molecule has 0 spiro atoms. The molecule has 0 atom stereocenters. The molecule has 0 unspecified atom stereocenters. The lowest BCUT2D eigenvalue weighted by Crippen LogP contribution is -2.25. The Morgan fingerprint density at radius 3 is 2.45 bits per heavy atom. The molecule has 0 aliphatic heterocycles. The number of ether oxygens (including phenoxy) is 2. The van der Waals surface area contributed by atoms with Crippen LogP contribution in [0.5, 0.6) is 5.75 Å². The van der Waals surface area contributed by atoms with E-state index in [1.165, 1.54) is 18.9 Å². The Balaban J connectivity index is 1.41. The van der Waals surface area contributed by atoms with Crippen LogP contribution < -0.4 is 16.2 Å². The molecular formula is C27H34N2O4. The van der Waals surface area contributed by atoms with Gasteiger partial charge in [-0.05, 0) is 79.1 Å². The molecule has 0 aromatic heterocycles. The van der Waals surface area contributed by atoms with E-state index in [4.69, 9.17) is 20.9 Å². The maximum Gasteiger partial charge on any atom is 0.330 e. The average Bonchev–Trinajstić information content (AvgIpc) is 2.81. The van der Waals surface area contributed by atoms with Crippen molar-refractivity contribution in [2.45, 2.75) is 51.9 Å². The molecule has 2 aromatic rings. The molecule has 6 heteroatoms. The maximum absolute atomic E-state index is 12.5. The lowest BCUT2D eigenvalue weighted by Gasteiger charge is -2.26. The number of benzene rings is 2. The summed E-state index contributed by atoms with van der Waals surface area (Å²) in [5.41, 5.74) is 14.6. The summed E-state index contributed by atoms with van der Waals surface area (Å²) in [5, 5.41) is 0. The van der Waals surface area contributed by atoms with Crippen LogP contribution in [0.15, 0.2) is 48.5 Å². The number of nitrogen functional groups attached to an aromatic ring is 2. The summed E-state index contributed by atoms with van der Waals surface area (Å²) in [4.78, 5) is 24.4. The second kappa shape index (κ2) is 12.1. The minimum absolute atomic E-state index is 0.00451. The fraction of sp³-hybridized carbons (Fsp3) is 0.407. The van der Waals surface area contributed by atoms with Crippen LogP contribution in [0, 0.1) is 11.8 Å². The molecule has 0 heterocycles. The van der Waals surface area contributed by atoms with E-state index < -0.39 is 5.97 Å². The van der Waals surface area contributed by atoms with Crippen LogP contribution in [0.4, 0.5) is 11.4 Å². The number of hydrogen-bond acceptors (Lipinski definition) is 6. The van der Waals surface area contributed by atoms with Gasteiger partial charge in [0.2, 0.25) is 0 Å². The molecule has 0 bridgehead atoms. The van der Waals surface area contributed by atoms with Crippen molar-refractivity contribution in [1.29, 1.82) is 0 Å².